The highest BCUT2D eigenvalue weighted by molar-refractivity contribution is 5.46. The monoisotopic (exact) mass is 256 g/mol. The van der Waals surface area contributed by atoms with E-state index in [4.69, 9.17) is 4.74 Å². The molecule has 1 rings (SSSR count). The van der Waals surface area contributed by atoms with Gasteiger partial charge >= 0.3 is 5.69 Å². The maximum atomic E-state index is 13.0. The Kier molecular flexibility index (Phi) is 6.07. The highest BCUT2D eigenvalue weighted by atomic mass is 19.1. The van der Waals surface area contributed by atoms with Crippen molar-refractivity contribution in [1.82, 2.24) is 5.32 Å². The van der Waals surface area contributed by atoms with Gasteiger partial charge in [-0.15, -0.1) is 0 Å². The second kappa shape index (κ2) is 7.60. The van der Waals surface area contributed by atoms with Gasteiger partial charge in [-0.25, -0.2) is 4.39 Å². The van der Waals surface area contributed by atoms with Crippen molar-refractivity contribution in [3.05, 3.63) is 34.1 Å². The zero-order valence-corrected chi connectivity index (χ0v) is 10.3. The zero-order valence-electron chi connectivity index (χ0n) is 10.3. The number of benzene rings is 1. The first-order chi connectivity index (χ1) is 8.65. The molecular formula is C12H17FN2O3. The van der Waals surface area contributed by atoms with E-state index in [0.717, 1.165) is 37.7 Å². The number of halogens is 1. The maximum absolute atomic E-state index is 13.0. The number of nitro groups is 1. The lowest BCUT2D eigenvalue weighted by Gasteiger charge is -2.07. The summed E-state index contributed by atoms with van der Waals surface area (Å²) in [7, 11) is 0. The second-order valence-electron chi connectivity index (χ2n) is 3.82. The summed E-state index contributed by atoms with van der Waals surface area (Å²) in [5, 5.41) is 13.9. The number of nitro benzene ring substituents is 1. The predicted octanol–water partition coefficient (Wildman–Crippen LogP) is 2.50. The molecule has 0 heterocycles. The van der Waals surface area contributed by atoms with Gasteiger partial charge in [-0.1, -0.05) is 6.92 Å². The Morgan fingerprint density at radius 2 is 2.22 bits per heavy atom. The molecule has 0 fully saturated rings. The highest BCUT2D eigenvalue weighted by Crippen LogP contribution is 2.27. The number of nitrogens with one attached hydrogen (secondary N) is 1. The Labute approximate surface area is 105 Å². The predicted molar refractivity (Wildman–Crippen MR) is 66.3 cm³/mol. The molecule has 0 saturated carbocycles. The average Bonchev–Trinajstić information content (AvgIpc) is 2.33. The molecule has 100 valence electrons. The van der Waals surface area contributed by atoms with Gasteiger partial charge in [0, 0.05) is 12.1 Å². The Hall–Kier alpha value is -1.69. The van der Waals surface area contributed by atoms with E-state index in [9.17, 15) is 14.5 Å². The van der Waals surface area contributed by atoms with Crippen molar-refractivity contribution in [3.8, 4) is 5.75 Å². The van der Waals surface area contributed by atoms with Crippen LogP contribution in [-0.2, 0) is 0 Å². The molecule has 0 aliphatic carbocycles. The van der Waals surface area contributed by atoms with E-state index in [2.05, 4.69) is 12.2 Å². The lowest BCUT2D eigenvalue weighted by atomic mass is 10.3. The fourth-order valence-electron chi connectivity index (χ4n) is 1.44. The SMILES string of the molecule is CCCNCCCOc1cc(F)ccc1[N+](=O)[O-]. The van der Waals surface area contributed by atoms with Crippen LogP contribution in [0.3, 0.4) is 0 Å². The molecule has 0 atom stereocenters. The highest BCUT2D eigenvalue weighted by Gasteiger charge is 2.15. The molecule has 1 N–H and O–H groups in total. The van der Waals surface area contributed by atoms with Gasteiger partial charge in [0.05, 0.1) is 11.5 Å². The molecular weight excluding hydrogens is 239 g/mol. The number of hydrogen-bond donors (Lipinski definition) is 1. The Morgan fingerprint density at radius 3 is 2.89 bits per heavy atom. The topological polar surface area (TPSA) is 64.4 Å². The smallest absolute Gasteiger partial charge is 0.311 e. The third-order valence-corrected chi connectivity index (χ3v) is 2.30. The van der Waals surface area contributed by atoms with Crippen LogP contribution >= 0.6 is 0 Å². The molecule has 0 aliphatic heterocycles. The molecule has 18 heavy (non-hydrogen) atoms. The van der Waals surface area contributed by atoms with Gasteiger partial charge in [-0.05, 0) is 32.0 Å². The Morgan fingerprint density at radius 1 is 1.44 bits per heavy atom. The van der Waals surface area contributed by atoms with Gasteiger partial charge in [0.15, 0.2) is 5.75 Å². The molecule has 0 saturated heterocycles. The Balaban J connectivity index is 2.45. The molecule has 1 aromatic carbocycles. The summed E-state index contributed by atoms with van der Waals surface area (Å²) >= 11 is 0. The summed E-state index contributed by atoms with van der Waals surface area (Å²) in [6, 6.07) is 3.20. The van der Waals surface area contributed by atoms with Crippen LogP contribution in [0.1, 0.15) is 19.8 Å². The summed E-state index contributed by atoms with van der Waals surface area (Å²) in [6.07, 6.45) is 1.77. The van der Waals surface area contributed by atoms with E-state index in [-0.39, 0.29) is 11.4 Å². The van der Waals surface area contributed by atoms with Crippen LogP contribution in [0, 0.1) is 15.9 Å². The first kappa shape index (κ1) is 14.4. The Bertz CT molecular complexity index is 399. The van der Waals surface area contributed by atoms with Crippen molar-refractivity contribution in [2.45, 2.75) is 19.8 Å². The number of hydrogen-bond acceptors (Lipinski definition) is 4. The van der Waals surface area contributed by atoms with E-state index < -0.39 is 10.7 Å². The van der Waals surface area contributed by atoms with Gasteiger partial charge in [-0.3, -0.25) is 10.1 Å². The normalized spacial score (nSPS) is 10.3. The van der Waals surface area contributed by atoms with Gasteiger partial charge in [0.2, 0.25) is 0 Å². The lowest BCUT2D eigenvalue weighted by molar-refractivity contribution is -0.385. The van der Waals surface area contributed by atoms with Crippen molar-refractivity contribution in [2.24, 2.45) is 0 Å². The summed E-state index contributed by atoms with van der Waals surface area (Å²) in [5.41, 5.74) is -0.210. The molecule has 5 nitrogen and oxygen atoms in total. The van der Waals surface area contributed by atoms with Gasteiger partial charge < -0.3 is 10.1 Å². The molecule has 0 unspecified atom stereocenters. The third kappa shape index (κ3) is 4.67. The summed E-state index contributed by atoms with van der Waals surface area (Å²) in [4.78, 5) is 10.1. The van der Waals surface area contributed by atoms with Crippen LogP contribution in [0.5, 0.6) is 5.75 Å². The summed E-state index contributed by atoms with van der Waals surface area (Å²) < 4.78 is 18.2. The molecule has 6 heteroatoms. The molecule has 0 aliphatic rings. The van der Waals surface area contributed by atoms with E-state index in [0.29, 0.717) is 13.0 Å². The fraction of sp³-hybridized carbons (Fsp3) is 0.500. The molecule has 0 radical (unpaired) electrons. The molecule has 0 amide bonds. The van der Waals surface area contributed by atoms with Crippen LogP contribution in [0.4, 0.5) is 10.1 Å². The van der Waals surface area contributed by atoms with Crippen molar-refractivity contribution >= 4 is 5.69 Å². The van der Waals surface area contributed by atoms with Crippen LogP contribution in [-0.4, -0.2) is 24.6 Å². The van der Waals surface area contributed by atoms with Crippen LogP contribution in [0.25, 0.3) is 0 Å². The van der Waals surface area contributed by atoms with Crippen molar-refractivity contribution in [3.63, 3.8) is 0 Å². The molecule has 0 spiro atoms. The minimum atomic E-state index is -0.579. The first-order valence-corrected chi connectivity index (χ1v) is 5.92. The minimum Gasteiger partial charge on any atom is -0.487 e. The number of rotatable bonds is 8. The number of ether oxygens (including phenoxy) is 1. The minimum absolute atomic E-state index is 0.0181. The average molecular weight is 256 g/mol. The first-order valence-electron chi connectivity index (χ1n) is 5.92. The summed E-state index contributed by atoms with van der Waals surface area (Å²) in [5.74, 6) is -0.560. The van der Waals surface area contributed by atoms with Gasteiger partial charge in [0.1, 0.15) is 5.82 Å². The maximum Gasteiger partial charge on any atom is 0.311 e. The van der Waals surface area contributed by atoms with E-state index in [1.165, 1.54) is 0 Å². The lowest BCUT2D eigenvalue weighted by Crippen LogP contribution is -2.18. The van der Waals surface area contributed by atoms with Crippen LogP contribution in [0.2, 0.25) is 0 Å². The fourth-order valence-corrected chi connectivity index (χ4v) is 1.44. The van der Waals surface area contributed by atoms with Crippen molar-refractivity contribution in [2.75, 3.05) is 19.7 Å². The van der Waals surface area contributed by atoms with Crippen LogP contribution in [0.15, 0.2) is 18.2 Å². The molecule has 0 aromatic heterocycles. The van der Waals surface area contributed by atoms with E-state index in [1.54, 1.807) is 0 Å². The second-order valence-corrected chi connectivity index (χ2v) is 3.82. The van der Waals surface area contributed by atoms with Crippen molar-refractivity contribution in [1.29, 1.82) is 0 Å². The van der Waals surface area contributed by atoms with E-state index in [1.807, 2.05) is 0 Å². The summed E-state index contributed by atoms with van der Waals surface area (Å²) in [6.45, 7) is 4.09. The largest absolute Gasteiger partial charge is 0.487 e. The number of nitrogens with zero attached hydrogens (tertiary/aromatic N) is 1. The van der Waals surface area contributed by atoms with Gasteiger partial charge in [0.25, 0.3) is 0 Å². The van der Waals surface area contributed by atoms with Crippen molar-refractivity contribution < 1.29 is 14.1 Å². The standard InChI is InChI=1S/C12H17FN2O3/c1-2-6-14-7-3-8-18-12-9-10(13)4-5-11(12)15(16)17/h4-5,9,14H,2-3,6-8H2,1H3. The quantitative estimate of drug-likeness (QED) is 0.441. The van der Waals surface area contributed by atoms with Crippen LogP contribution < -0.4 is 10.1 Å². The van der Waals surface area contributed by atoms with E-state index >= 15 is 0 Å². The third-order valence-electron chi connectivity index (χ3n) is 2.30. The van der Waals surface area contributed by atoms with Gasteiger partial charge in [-0.2, -0.15) is 0 Å². The zero-order chi connectivity index (χ0) is 13.4. The molecule has 1 aromatic rings. The molecule has 0 bridgehead atoms.